The lowest BCUT2D eigenvalue weighted by Crippen LogP contribution is -2.49. The van der Waals surface area contributed by atoms with Gasteiger partial charge < -0.3 is 15.1 Å². The summed E-state index contributed by atoms with van der Waals surface area (Å²) >= 11 is 0. The highest BCUT2D eigenvalue weighted by atomic mass is 19.1. The number of halogens is 1. The van der Waals surface area contributed by atoms with Gasteiger partial charge in [-0.1, -0.05) is 12.1 Å². The minimum Gasteiger partial charge on any atom is -0.347 e. The van der Waals surface area contributed by atoms with Crippen LogP contribution in [-0.2, 0) is 16.0 Å². The molecule has 6 heteroatoms. The van der Waals surface area contributed by atoms with Crippen LogP contribution in [0.1, 0.15) is 18.4 Å². The second-order valence-corrected chi connectivity index (χ2v) is 6.08. The van der Waals surface area contributed by atoms with Gasteiger partial charge in [0, 0.05) is 19.6 Å². The van der Waals surface area contributed by atoms with Crippen molar-refractivity contribution in [2.24, 2.45) is 0 Å². The number of nitrogens with zero attached hydrogens (tertiary/aromatic N) is 2. The first kappa shape index (κ1) is 17.4. The van der Waals surface area contributed by atoms with Crippen LogP contribution in [0.25, 0.3) is 0 Å². The molecule has 0 bridgehead atoms. The molecule has 126 valence electrons. The van der Waals surface area contributed by atoms with Crippen molar-refractivity contribution >= 4 is 11.8 Å². The third-order valence-electron chi connectivity index (χ3n) is 4.36. The van der Waals surface area contributed by atoms with E-state index in [1.54, 1.807) is 24.1 Å². The predicted octanol–water partition coefficient (Wildman–Crippen LogP) is 1.04. The van der Waals surface area contributed by atoms with E-state index in [0.29, 0.717) is 13.0 Å². The summed E-state index contributed by atoms with van der Waals surface area (Å²) in [5.41, 5.74) is 0.919. The largest absolute Gasteiger partial charge is 0.347 e. The van der Waals surface area contributed by atoms with Crippen LogP contribution in [0.2, 0.25) is 0 Å². The van der Waals surface area contributed by atoms with Crippen LogP contribution >= 0.6 is 0 Å². The van der Waals surface area contributed by atoms with E-state index >= 15 is 0 Å². The topological polar surface area (TPSA) is 52.7 Å². The standard InChI is InChI=1S/C17H24FN3O2/c1-20-11-8-15(9-12-20)21(2)17(23)16(22)19-10-7-13-3-5-14(18)6-4-13/h3-6,15H,7-12H2,1-2H3,(H,19,22). The highest BCUT2D eigenvalue weighted by molar-refractivity contribution is 6.35. The van der Waals surface area contributed by atoms with Gasteiger partial charge in [-0.3, -0.25) is 9.59 Å². The van der Waals surface area contributed by atoms with Crippen molar-refractivity contribution < 1.29 is 14.0 Å². The van der Waals surface area contributed by atoms with E-state index in [9.17, 15) is 14.0 Å². The lowest BCUT2D eigenvalue weighted by Gasteiger charge is -2.34. The Kier molecular flexibility index (Phi) is 6.10. The normalized spacial score (nSPS) is 16.1. The quantitative estimate of drug-likeness (QED) is 0.843. The molecule has 1 aromatic rings. The minimum atomic E-state index is -0.575. The summed E-state index contributed by atoms with van der Waals surface area (Å²) in [6, 6.07) is 6.25. The Morgan fingerprint density at radius 3 is 2.48 bits per heavy atom. The molecule has 0 spiro atoms. The highest BCUT2D eigenvalue weighted by Crippen LogP contribution is 2.14. The molecule has 0 aliphatic carbocycles. The summed E-state index contributed by atoms with van der Waals surface area (Å²) in [5.74, 6) is -1.35. The lowest BCUT2D eigenvalue weighted by molar-refractivity contribution is -0.146. The molecule has 0 saturated carbocycles. The van der Waals surface area contributed by atoms with E-state index in [2.05, 4.69) is 17.3 Å². The Hall–Kier alpha value is -1.95. The molecule has 1 aliphatic heterocycles. The third-order valence-corrected chi connectivity index (χ3v) is 4.36. The summed E-state index contributed by atoms with van der Waals surface area (Å²) in [6.45, 7) is 2.24. The molecule has 0 aromatic heterocycles. The van der Waals surface area contributed by atoms with Crippen molar-refractivity contribution in [3.8, 4) is 0 Å². The van der Waals surface area contributed by atoms with Crippen molar-refractivity contribution in [3.63, 3.8) is 0 Å². The Bertz CT molecular complexity index is 539. The van der Waals surface area contributed by atoms with Gasteiger partial charge >= 0.3 is 11.8 Å². The zero-order chi connectivity index (χ0) is 16.8. The second kappa shape index (κ2) is 8.06. The van der Waals surface area contributed by atoms with Gasteiger partial charge in [-0.25, -0.2) is 4.39 Å². The molecular formula is C17H24FN3O2. The zero-order valence-electron chi connectivity index (χ0n) is 13.7. The van der Waals surface area contributed by atoms with Crippen molar-refractivity contribution in [1.29, 1.82) is 0 Å². The molecule has 0 radical (unpaired) electrons. The zero-order valence-corrected chi connectivity index (χ0v) is 13.7. The maximum atomic E-state index is 12.8. The monoisotopic (exact) mass is 321 g/mol. The van der Waals surface area contributed by atoms with Crippen LogP contribution in [0.3, 0.4) is 0 Å². The van der Waals surface area contributed by atoms with Crippen LogP contribution in [-0.4, -0.2) is 61.4 Å². The first-order valence-corrected chi connectivity index (χ1v) is 7.95. The lowest BCUT2D eigenvalue weighted by atomic mass is 10.0. The Balaban J connectivity index is 1.76. The number of carbonyl (C=O) groups is 2. The molecule has 1 aliphatic rings. The SMILES string of the molecule is CN1CCC(N(C)C(=O)C(=O)NCCc2ccc(F)cc2)CC1. The number of likely N-dealkylation sites (tertiary alicyclic amines) is 1. The molecule has 1 aromatic carbocycles. The fraction of sp³-hybridized carbons (Fsp3) is 0.529. The summed E-state index contributed by atoms with van der Waals surface area (Å²) in [7, 11) is 3.75. The van der Waals surface area contributed by atoms with Crippen LogP contribution in [0.4, 0.5) is 4.39 Å². The molecule has 1 N–H and O–H groups in total. The van der Waals surface area contributed by atoms with E-state index < -0.39 is 11.8 Å². The number of hydrogen-bond acceptors (Lipinski definition) is 3. The second-order valence-electron chi connectivity index (χ2n) is 6.08. The van der Waals surface area contributed by atoms with Gasteiger partial charge in [-0.05, 0) is 57.1 Å². The molecule has 0 atom stereocenters. The maximum Gasteiger partial charge on any atom is 0.311 e. The van der Waals surface area contributed by atoms with Crippen molar-refractivity contribution in [2.45, 2.75) is 25.3 Å². The summed E-state index contributed by atoms with van der Waals surface area (Å²) in [4.78, 5) is 27.9. The third kappa shape index (κ3) is 5.03. The van der Waals surface area contributed by atoms with Crippen LogP contribution in [0.5, 0.6) is 0 Å². The Labute approximate surface area is 136 Å². The number of likely N-dealkylation sites (N-methyl/N-ethyl adjacent to an activating group) is 1. The molecule has 1 saturated heterocycles. The molecule has 23 heavy (non-hydrogen) atoms. The molecular weight excluding hydrogens is 297 g/mol. The number of carbonyl (C=O) groups excluding carboxylic acids is 2. The van der Waals surface area contributed by atoms with Crippen LogP contribution in [0, 0.1) is 5.82 Å². The minimum absolute atomic E-state index is 0.126. The first-order chi connectivity index (χ1) is 11.0. The van der Waals surface area contributed by atoms with Crippen molar-refractivity contribution in [1.82, 2.24) is 15.1 Å². The van der Waals surface area contributed by atoms with Gasteiger partial charge in [0.25, 0.3) is 0 Å². The molecule has 2 amide bonds. The fourth-order valence-electron chi connectivity index (χ4n) is 2.76. The molecule has 1 fully saturated rings. The van der Waals surface area contributed by atoms with E-state index in [-0.39, 0.29) is 11.9 Å². The number of piperidine rings is 1. The van der Waals surface area contributed by atoms with Gasteiger partial charge in [-0.15, -0.1) is 0 Å². The number of nitrogens with one attached hydrogen (secondary N) is 1. The van der Waals surface area contributed by atoms with Crippen LogP contribution in [0.15, 0.2) is 24.3 Å². The number of hydrogen-bond donors (Lipinski definition) is 1. The number of amides is 2. The molecule has 0 unspecified atom stereocenters. The van der Waals surface area contributed by atoms with Crippen LogP contribution < -0.4 is 5.32 Å². The van der Waals surface area contributed by atoms with Gasteiger partial charge in [0.05, 0.1) is 0 Å². The van der Waals surface area contributed by atoms with Crippen molar-refractivity contribution in [3.05, 3.63) is 35.6 Å². The van der Waals surface area contributed by atoms with Gasteiger partial charge in [0.15, 0.2) is 0 Å². The molecule has 5 nitrogen and oxygen atoms in total. The van der Waals surface area contributed by atoms with E-state index in [1.807, 2.05) is 0 Å². The smallest absolute Gasteiger partial charge is 0.311 e. The van der Waals surface area contributed by atoms with Gasteiger partial charge in [0.1, 0.15) is 5.82 Å². The van der Waals surface area contributed by atoms with Crippen molar-refractivity contribution in [2.75, 3.05) is 33.7 Å². The van der Waals surface area contributed by atoms with E-state index in [1.165, 1.54) is 12.1 Å². The van der Waals surface area contributed by atoms with Gasteiger partial charge in [0.2, 0.25) is 0 Å². The summed E-state index contributed by atoms with van der Waals surface area (Å²) < 4.78 is 12.8. The highest BCUT2D eigenvalue weighted by Gasteiger charge is 2.27. The predicted molar refractivity (Wildman–Crippen MR) is 86.4 cm³/mol. The maximum absolute atomic E-state index is 12.8. The average Bonchev–Trinajstić information content (AvgIpc) is 2.56. The van der Waals surface area contributed by atoms with E-state index in [4.69, 9.17) is 0 Å². The summed E-state index contributed by atoms with van der Waals surface area (Å²) in [5, 5.41) is 2.64. The Morgan fingerprint density at radius 2 is 1.87 bits per heavy atom. The first-order valence-electron chi connectivity index (χ1n) is 7.95. The Morgan fingerprint density at radius 1 is 1.26 bits per heavy atom. The molecule has 1 heterocycles. The summed E-state index contributed by atoms with van der Waals surface area (Å²) in [6.07, 6.45) is 2.35. The fourth-order valence-corrected chi connectivity index (χ4v) is 2.76. The van der Waals surface area contributed by atoms with Gasteiger partial charge in [-0.2, -0.15) is 0 Å². The average molecular weight is 321 g/mol. The van der Waals surface area contributed by atoms with E-state index in [0.717, 1.165) is 31.5 Å². The molecule has 2 rings (SSSR count). The number of rotatable bonds is 4. The number of benzene rings is 1.